The quantitative estimate of drug-likeness (QED) is 0.452. The average Bonchev–Trinajstić information content (AvgIpc) is 3.09. The largest absolute Gasteiger partial charge is 0.360 e. The third-order valence-corrected chi connectivity index (χ3v) is 11.7. The van der Waals surface area contributed by atoms with Crippen LogP contribution in [0.2, 0.25) is 0 Å². The first-order valence-corrected chi connectivity index (χ1v) is 13.6. The highest BCUT2D eigenvalue weighted by atomic mass is 32.2. The van der Waals surface area contributed by atoms with E-state index in [0.29, 0.717) is 0 Å². The van der Waals surface area contributed by atoms with Crippen molar-refractivity contribution < 1.29 is 35.6 Å². The lowest BCUT2D eigenvalue weighted by molar-refractivity contribution is 0.193. The number of nitrogens with one attached hydrogen (secondary N) is 1. The molecule has 9 nitrogen and oxygen atoms in total. The van der Waals surface area contributed by atoms with Gasteiger partial charge in [0.1, 0.15) is 4.21 Å². The Bertz CT molecular complexity index is 687. The summed E-state index contributed by atoms with van der Waals surface area (Å²) in [5.41, 5.74) is -1.83. The molecule has 0 aliphatic rings. The third-order valence-electron chi connectivity index (χ3n) is 2.86. The van der Waals surface area contributed by atoms with E-state index in [4.69, 9.17) is 18.1 Å². The van der Waals surface area contributed by atoms with Crippen LogP contribution in [-0.2, 0) is 37.2 Å². The zero-order valence-corrected chi connectivity index (χ0v) is 18.5. The first-order chi connectivity index (χ1) is 12.2. The van der Waals surface area contributed by atoms with Crippen LogP contribution in [0.3, 0.4) is 0 Å². The number of sulfonamides is 1. The lowest BCUT2D eigenvalue weighted by atomic mass is 10.7. The Kier molecular flexibility index (Phi) is 9.63. The summed E-state index contributed by atoms with van der Waals surface area (Å²) in [5, 5.41) is 1.57. The van der Waals surface area contributed by atoms with Crippen LogP contribution in [0.5, 0.6) is 0 Å². The zero-order valence-electron chi connectivity index (χ0n) is 15.1. The van der Waals surface area contributed by atoms with Gasteiger partial charge in [0.15, 0.2) is 0 Å². The molecule has 13 heteroatoms. The molecule has 1 aromatic rings. The van der Waals surface area contributed by atoms with Crippen LogP contribution in [0.25, 0.3) is 0 Å². The normalized spacial score (nSPS) is 13.4. The van der Waals surface area contributed by atoms with Gasteiger partial charge in [0, 0.05) is 0 Å². The van der Waals surface area contributed by atoms with Crippen LogP contribution >= 0.6 is 26.5 Å². The highest BCUT2D eigenvalue weighted by Crippen LogP contribution is 2.69. The number of rotatable bonds is 13. The topological polar surface area (TPSA) is 117 Å². The zero-order chi connectivity index (χ0) is 19.8. The Morgan fingerprint density at radius 1 is 0.962 bits per heavy atom. The summed E-state index contributed by atoms with van der Waals surface area (Å²) in [6.07, 6.45) is 0. The van der Waals surface area contributed by atoms with Crippen molar-refractivity contribution in [3.8, 4) is 0 Å². The standard InChI is InChI=1S/C13H25NO8P2S2/c1-5-19-23(15,20-6-2)13(24(16,21-7-3)22-8-4)14-26(17,18)12-10-9-11-25-12/h9-11,13-14H,5-8H2,1-4H3. The van der Waals surface area contributed by atoms with E-state index in [1.165, 1.54) is 6.07 Å². The second-order valence-electron chi connectivity index (χ2n) is 4.68. The summed E-state index contributed by atoms with van der Waals surface area (Å²) in [4.78, 5) is 0. The molecular weight excluding hydrogens is 424 g/mol. The third kappa shape index (κ3) is 5.95. The van der Waals surface area contributed by atoms with E-state index in [9.17, 15) is 17.5 Å². The molecule has 0 aliphatic carbocycles. The molecule has 1 rings (SSSR count). The summed E-state index contributed by atoms with van der Waals surface area (Å²) < 4.78 is 74.8. The number of thiophene rings is 1. The molecule has 26 heavy (non-hydrogen) atoms. The van der Waals surface area contributed by atoms with Gasteiger partial charge in [-0.25, -0.2) is 8.42 Å². The smallest absolute Gasteiger partial charge is 0.307 e. The predicted molar refractivity (Wildman–Crippen MR) is 100 cm³/mol. The lowest BCUT2D eigenvalue weighted by Gasteiger charge is -2.31. The van der Waals surface area contributed by atoms with E-state index in [2.05, 4.69) is 4.72 Å². The molecule has 0 atom stereocenters. The molecule has 0 saturated carbocycles. The average molecular weight is 449 g/mol. The second kappa shape index (κ2) is 10.5. The Balaban J connectivity index is 3.45. The minimum absolute atomic E-state index is 0.0402. The second-order valence-corrected chi connectivity index (χ2v) is 12.2. The van der Waals surface area contributed by atoms with E-state index >= 15 is 0 Å². The van der Waals surface area contributed by atoms with Crippen LogP contribution in [0.4, 0.5) is 0 Å². The van der Waals surface area contributed by atoms with Gasteiger partial charge in [-0.15, -0.1) is 11.3 Å². The van der Waals surface area contributed by atoms with Crippen LogP contribution in [0.1, 0.15) is 27.7 Å². The predicted octanol–water partition coefficient (Wildman–Crippen LogP) is 3.84. The molecule has 0 fully saturated rings. The Hall–Kier alpha value is -0.0900. The van der Waals surface area contributed by atoms with Crippen molar-refractivity contribution in [3.05, 3.63) is 17.5 Å². The van der Waals surface area contributed by atoms with Gasteiger partial charge < -0.3 is 18.1 Å². The molecule has 0 saturated heterocycles. The molecule has 1 heterocycles. The molecule has 0 aromatic carbocycles. The summed E-state index contributed by atoms with van der Waals surface area (Å²) in [6, 6.07) is 2.91. The van der Waals surface area contributed by atoms with E-state index in [1.807, 2.05) is 0 Å². The first-order valence-electron chi connectivity index (χ1n) is 8.02. The molecule has 0 unspecified atom stereocenters. The fraction of sp³-hybridized carbons (Fsp3) is 0.692. The van der Waals surface area contributed by atoms with Crippen molar-refractivity contribution in [2.45, 2.75) is 37.4 Å². The molecule has 0 radical (unpaired) electrons. The summed E-state index contributed by atoms with van der Waals surface area (Å²) in [7, 11) is -12.6. The van der Waals surface area contributed by atoms with Crippen molar-refractivity contribution in [2.24, 2.45) is 0 Å². The highest BCUT2D eigenvalue weighted by molar-refractivity contribution is 7.92. The minimum atomic E-state index is -4.21. The lowest BCUT2D eigenvalue weighted by Crippen LogP contribution is -2.36. The van der Waals surface area contributed by atoms with Gasteiger partial charge in [-0.1, -0.05) is 6.07 Å². The van der Waals surface area contributed by atoms with Crippen LogP contribution < -0.4 is 4.72 Å². The highest BCUT2D eigenvalue weighted by Gasteiger charge is 2.53. The Labute approximate surface area is 158 Å². The van der Waals surface area contributed by atoms with Gasteiger partial charge in [0.25, 0.3) is 10.0 Å². The van der Waals surface area contributed by atoms with Crippen LogP contribution in [0.15, 0.2) is 21.7 Å². The van der Waals surface area contributed by atoms with Crippen molar-refractivity contribution >= 4 is 36.6 Å². The maximum atomic E-state index is 13.3. The fourth-order valence-electron chi connectivity index (χ4n) is 1.99. The van der Waals surface area contributed by atoms with Crippen molar-refractivity contribution in [2.75, 3.05) is 26.4 Å². The summed E-state index contributed by atoms with van der Waals surface area (Å²) in [5.74, 6) is 0. The molecule has 1 N–H and O–H groups in total. The molecule has 0 aliphatic heterocycles. The maximum Gasteiger partial charge on any atom is 0.360 e. The van der Waals surface area contributed by atoms with E-state index in [-0.39, 0.29) is 30.6 Å². The SMILES string of the molecule is CCOP(=O)(OCC)C(NS(=O)(=O)c1cccs1)P(=O)(OCC)OCC. The summed E-state index contributed by atoms with van der Waals surface area (Å²) >= 11 is 0.953. The maximum absolute atomic E-state index is 13.3. The van der Waals surface area contributed by atoms with E-state index in [1.54, 1.807) is 39.1 Å². The minimum Gasteiger partial charge on any atom is -0.307 e. The molecular formula is C13H25NO8P2S2. The van der Waals surface area contributed by atoms with E-state index in [0.717, 1.165) is 11.3 Å². The van der Waals surface area contributed by atoms with Gasteiger partial charge in [0.2, 0.25) is 5.52 Å². The van der Waals surface area contributed by atoms with Crippen LogP contribution in [-0.4, -0.2) is 40.4 Å². The van der Waals surface area contributed by atoms with Gasteiger partial charge in [-0.3, -0.25) is 9.13 Å². The van der Waals surface area contributed by atoms with Crippen molar-refractivity contribution in [1.82, 2.24) is 4.72 Å². The number of hydrogen-bond donors (Lipinski definition) is 1. The molecule has 0 amide bonds. The van der Waals surface area contributed by atoms with Gasteiger partial charge in [-0.05, 0) is 39.1 Å². The molecule has 0 bridgehead atoms. The van der Waals surface area contributed by atoms with Gasteiger partial charge >= 0.3 is 15.2 Å². The van der Waals surface area contributed by atoms with E-state index < -0.39 is 30.7 Å². The van der Waals surface area contributed by atoms with Gasteiger partial charge in [-0.2, -0.15) is 4.72 Å². The van der Waals surface area contributed by atoms with Gasteiger partial charge in [0.05, 0.1) is 26.4 Å². The monoisotopic (exact) mass is 449 g/mol. The fourth-order valence-corrected chi connectivity index (χ4v) is 10.1. The summed E-state index contributed by atoms with van der Waals surface area (Å²) in [6.45, 7) is 6.04. The molecule has 152 valence electrons. The molecule has 1 aromatic heterocycles. The Morgan fingerprint density at radius 2 is 1.38 bits per heavy atom. The van der Waals surface area contributed by atoms with Crippen molar-refractivity contribution in [3.63, 3.8) is 0 Å². The first kappa shape index (κ1) is 23.9. The molecule has 0 spiro atoms. The number of hydrogen-bond acceptors (Lipinski definition) is 9. The van der Waals surface area contributed by atoms with Crippen LogP contribution in [0, 0.1) is 0 Å². The Morgan fingerprint density at radius 3 is 1.69 bits per heavy atom. The van der Waals surface area contributed by atoms with Crippen molar-refractivity contribution in [1.29, 1.82) is 0 Å².